The highest BCUT2D eigenvalue weighted by atomic mass is 32.1. The lowest BCUT2D eigenvalue weighted by Crippen LogP contribution is -2.32. The van der Waals surface area contributed by atoms with E-state index < -0.39 is 10.8 Å². The number of carbonyl (C=O) groups excluding carboxylic acids is 1. The molecule has 0 spiro atoms. The Morgan fingerprint density at radius 3 is 2.34 bits per heavy atom. The fraction of sp³-hybridized carbons (Fsp3) is 0.0833. The van der Waals surface area contributed by atoms with Crippen molar-refractivity contribution in [3.63, 3.8) is 0 Å². The van der Waals surface area contributed by atoms with Crippen LogP contribution in [0.25, 0.3) is 6.08 Å². The van der Waals surface area contributed by atoms with Crippen LogP contribution >= 0.6 is 12.2 Å². The summed E-state index contributed by atoms with van der Waals surface area (Å²) in [6.07, 6.45) is 3.67. The summed E-state index contributed by atoms with van der Waals surface area (Å²) in [5.74, 6) is 0.328. The minimum absolute atomic E-state index is 0.00964. The number of thiocarbonyl (C=S) groups is 1. The van der Waals surface area contributed by atoms with Crippen LogP contribution < -0.4 is 15.4 Å². The zero-order valence-corrected chi connectivity index (χ0v) is 17.9. The number of hydrogen-bond acceptors (Lipinski definition) is 5. The molecule has 0 bridgehead atoms. The van der Waals surface area contributed by atoms with Crippen molar-refractivity contribution in [1.29, 1.82) is 0 Å². The van der Waals surface area contributed by atoms with Gasteiger partial charge in [-0.2, -0.15) is 0 Å². The minimum Gasteiger partial charge on any atom is -0.493 e. The van der Waals surface area contributed by atoms with Gasteiger partial charge in [0, 0.05) is 30.3 Å². The smallest absolute Gasteiger partial charge is 0.269 e. The van der Waals surface area contributed by atoms with E-state index in [1.54, 1.807) is 18.2 Å². The van der Waals surface area contributed by atoms with Gasteiger partial charge in [-0.3, -0.25) is 20.2 Å². The van der Waals surface area contributed by atoms with Crippen molar-refractivity contribution in [2.45, 2.75) is 6.42 Å². The van der Waals surface area contributed by atoms with Gasteiger partial charge in [0.2, 0.25) is 5.91 Å². The normalized spacial score (nSPS) is 10.5. The maximum atomic E-state index is 12.0. The second-order valence-electron chi connectivity index (χ2n) is 6.73. The van der Waals surface area contributed by atoms with Crippen LogP contribution in [0, 0.1) is 10.1 Å². The first-order chi connectivity index (χ1) is 15.5. The predicted octanol–water partition coefficient (Wildman–Crippen LogP) is 4.74. The molecule has 0 aromatic heterocycles. The lowest BCUT2D eigenvalue weighted by molar-refractivity contribution is -0.384. The van der Waals surface area contributed by atoms with E-state index in [9.17, 15) is 14.9 Å². The lowest BCUT2D eigenvalue weighted by atomic mass is 10.2. The third kappa shape index (κ3) is 7.33. The summed E-state index contributed by atoms with van der Waals surface area (Å²) in [7, 11) is 0. The molecule has 0 aliphatic rings. The highest BCUT2D eigenvalue weighted by Gasteiger charge is 2.04. The summed E-state index contributed by atoms with van der Waals surface area (Å²) in [5, 5.41) is 16.3. The third-order valence-electron chi connectivity index (χ3n) is 4.38. The van der Waals surface area contributed by atoms with Gasteiger partial charge in [-0.1, -0.05) is 30.3 Å². The summed E-state index contributed by atoms with van der Waals surface area (Å²) in [6, 6.07) is 23.2. The van der Waals surface area contributed by atoms with E-state index in [1.165, 1.54) is 23.8 Å². The molecule has 7 nitrogen and oxygen atoms in total. The summed E-state index contributed by atoms with van der Waals surface area (Å²) >= 11 is 5.16. The summed E-state index contributed by atoms with van der Waals surface area (Å²) in [4.78, 5) is 22.2. The highest BCUT2D eigenvalue weighted by molar-refractivity contribution is 7.80. The third-order valence-corrected chi connectivity index (χ3v) is 4.59. The van der Waals surface area contributed by atoms with E-state index in [4.69, 9.17) is 17.0 Å². The number of ether oxygens (including phenoxy) is 1. The van der Waals surface area contributed by atoms with Crippen molar-refractivity contribution >= 4 is 40.7 Å². The first-order valence-electron chi connectivity index (χ1n) is 9.81. The molecule has 2 N–H and O–H groups in total. The topological polar surface area (TPSA) is 93.5 Å². The Balaban J connectivity index is 1.42. The van der Waals surface area contributed by atoms with E-state index in [2.05, 4.69) is 22.8 Å². The molecule has 3 aromatic carbocycles. The van der Waals surface area contributed by atoms with E-state index in [-0.39, 0.29) is 10.8 Å². The molecule has 32 heavy (non-hydrogen) atoms. The standard InChI is InChI=1S/C24H21N3O4S/c28-23(15-8-19-6-11-21(12-7-19)27(29)30)26-24(32)25-20-9-13-22(14-10-20)31-17-16-18-4-2-1-3-5-18/h1-15H,16-17H2,(H2,25,26,28,32)/b15-8+. The van der Waals surface area contributed by atoms with E-state index in [0.717, 1.165) is 12.2 Å². The van der Waals surface area contributed by atoms with E-state index >= 15 is 0 Å². The predicted molar refractivity (Wildman–Crippen MR) is 129 cm³/mol. The number of non-ortho nitro benzene ring substituents is 1. The summed E-state index contributed by atoms with van der Waals surface area (Å²) in [6.45, 7) is 0.576. The number of rotatable bonds is 8. The maximum absolute atomic E-state index is 12.0. The van der Waals surface area contributed by atoms with Gasteiger partial charge in [0.1, 0.15) is 5.75 Å². The number of carbonyl (C=O) groups is 1. The van der Waals surface area contributed by atoms with Crippen molar-refractivity contribution in [1.82, 2.24) is 5.32 Å². The average Bonchev–Trinajstić information content (AvgIpc) is 2.80. The Labute approximate surface area is 190 Å². The van der Waals surface area contributed by atoms with Crippen LogP contribution in [0.5, 0.6) is 5.75 Å². The molecule has 0 fully saturated rings. The fourth-order valence-corrected chi connectivity index (χ4v) is 2.98. The van der Waals surface area contributed by atoms with E-state index in [1.807, 2.05) is 42.5 Å². The van der Waals surface area contributed by atoms with Crippen molar-refractivity contribution < 1.29 is 14.5 Å². The molecule has 3 rings (SSSR count). The van der Waals surface area contributed by atoms with Gasteiger partial charge in [0.15, 0.2) is 5.11 Å². The van der Waals surface area contributed by atoms with Gasteiger partial charge in [-0.25, -0.2) is 0 Å². The molecular formula is C24H21N3O4S. The molecule has 0 saturated carbocycles. The molecule has 0 unspecified atom stereocenters. The van der Waals surface area contributed by atoms with Crippen LogP contribution in [0.15, 0.2) is 84.9 Å². The Bertz CT molecular complexity index is 1100. The Morgan fingerprint density at radius 2 is 1.69 bits per heavy atom. The first-order valence-corrected chi connectivity index (χ1v) is 10.2. The second-order valence-corrected chi connectivity index (χ2v) is 7.14. The van der Waals surface area contributed by atoms with Gasteiger partial charge in [0.05, 0.1) is 11.5 Å². The zero-order valence-electron chi connectivity index (χ0n) is 17.1. The number of nitro groups is 1. The largest absolute Gasteiger partial charge is 0.493 e. The Kier molecular flexibility index (Phi) is 8.05. The average molecular weight is 448 g/mol. The Morgan fingerprint density at radius 1 is 1.00 bits per heavy atom. The lowest BCUT2D eigenvalue weighted by Gasteiger charge is -2.10. The molecule has 1 amide bonds. The SMILES string of the molecule is O=C(/C=C/c1ccc([N+](=O)[O-])cc1)NC(=S)Nc1ccc(OCCc2ccccc2)cc1. The number of benzene rings is 3. The van der Waals surface area contributed by atoms with Crippen LogP contribution in [0.3, 0.4) is 0 Å². The van der Waals surface area contributed by atoms with Gasteiger partial charge >= 0.3 is 0 Å². The number of nitrogens with one attached hydrogen (secondary N) is 2. The van der Waals surface area contributed by atoms with Gasteiger partial charge < -0.3 is 10.1 Å². The van der Waals surface area contributed by atoms with Crippen LogP contribution in [0.2, 0.25) is 0 Å². The number of hydrogen-bond donors (Lipinski definition) is 2. The van der Waals surface area contributed by atoms with Crippen LogP contribution in [0.1, 0.15) is 11.1 Å². The summed E-state index contributed by atoms with van der Waals surface area (Å²) < 4.78 is 5.75. The van der Waals surface area contributed by atoms with Gasteiger partial charge in [-0.05, 0) is 65.8 Å². The van der Waals surface area contributed by atoms with Gasteiger partial charge in [-0.15, -0.1) is 0 Å². The quantitative estimate of drug-likeness (QED) is 0.224. The number of amides is 1. The monoisotopic (exact) mass is 447 g/mol. The Hall–Kier alpha value is -4.04. The first kappa shape index (κ1) is 22.6. The van der Waals surface area contributed by atoms with Crippen molar-refractivity contribution in [2.24, 2.45) is 0 Å². The molecule has 8 heteroatoms. The summed E-state index contributed by atoms with van der Waals surface area (Å²) in [5.41, 5.74) is 2.58. The molecule has 162 valence electrons. The highest BCUT2D eigenvalue weighted by Crippen LogP contribution is 2.16. The number of nitrogens with zero attached hydrogens (tertiary/aromatic N) is 1. The maximum Gasteiger partial charge on any atom is 0.269 e. The molecular weight excluding hydrogens is 426 g/mol. The molecule has 0 saturated heterocycles. The zero-order chi connectivity index (χ0) is 22.8. The van der Waals surface area contributed by atoms with Gasteiger partial charge in [0.25, 0.3) is 5.69 Å². The molecule has 0 aliphatic heterocycles. The minimum atomic E-state index is -0.478. The fourth-order valence-electron chi connectivity index (χ4n) is 2.76. The molecule has 0 radical (unpaired) electrons. The van der Waals surface area contributed by atoms with Crippen LogP contribution in [-0.2, 0) is 11.2 Å². The van der Waals surface area contributed by atoms with Crippen molar-refractivity contribution in [3.05, 3.63) is 106 Å². The molecule has 0 aliphatic carbocycles. The second kappa shape index (κ2) is 11.4. The van der Waals surface area contributed by atoms with E-state index in [0.29, 0.717) is 17.9 Å². The molecule has 0 atom stereocenters. The number of nitro benzene ring substituents is 1. The van der Waals surface area contributed by atoms with Crippen molar-refractivity contribution in [2.75, 3.05) is 11.9 Å². The van der Waals surface area contributed by atoms with Crippen LogP contribution in [-0.4, -0.2) is 22.5 Å². The molecule has 0 heterocycles. The van der Waals surface area contributed by atoms with Crippen molar-refractivity contribution in [3.8, 4) is 5.75 Å². The molecule has 3 aromatic rings. The number of anilines is 1. The van der Waals surface area contributed by atoms with Crippen LogP contribution in [0.4, 0.5) is 11.4 Å².